The Morgan fingerprint density at radius 2 is 2.15 bits per heavy atom. The molecule has 2 aromatic rings. The van der Waals surface area contributed by atoms with E-state index in [0.29, 0.717) is 25.3 Å². The molecule has 0 N–H and O–H groups in total. The number of ether oxygens (including phenoxy) is 1. The fourth-order valence-electron chi connectivity index (χ4n) is 3.82. The van der Waals surface area contributed by atoms with Gasteiger partial charge in [0.1, 0.15) is 17.4 Å². The number of aryl methyl sites for hydroxylation is 3. The van der Waals surface area contributed by atoms with Crippen LogP contribution in [0, 0.1) is 19.8 Å². The lowest BCUT2D eigenvalue weighted by molar-refractivity contribution is -0.135. The molecule has 1 amide bonds. The number of hydrogen-bond acceptors (Lipinski definition) is 6. The van der Waals surface area contributed by atoms with Crippen LogP contribution in [0.2, 0.25) is 0 Å². The van der Waals surface area contributed by atoms with E-state index in [4.69, 9.17) is 4.74 Å². The van der Waals surface area contributed by atoms with E-state index in [1.807, 2.05) is 4.90 Å². The molecule has 2 aliphatic heterocycles. The minimum Gasteiger partial charge on any atom is -0.366 e. The summed E-state index contributed by atoms with van der Waals surface area (Å²) in [6, 6.07) is 0. The summed E-state index contributed by atoms with van der Waals surface area (Å²) in [7, 11) is 0. The zero-order valence-corrected chi connectivity index (χ0v) is 16.0. The van der Waals surface area contributed by atoms with Gasteiger partial charge in [0.2, 0.25) is 5.91 Å². The summed E-state index contributed by atoms with van der Waals surface area (Å²) < 4.78 is 6.30. The third-order valence-electron chi connectivity index (χ3n) is 5.47. The zero-order valence-electron chi connectivity index (χ0n) is 15.2. The lowest BCUT2D eigenvalue weighted by atomic mass is 9.91. The molecule has 7 heteroatoms. The highest BCUT2D eigenvalue weighted by atomic mass is 32.1. The van der Waals surface area contributed by atoms with Gasteiger partial charge in [0.15, 0.2) is 0 Å². The molecule has 4 heterocycles. The van der Waals surface area contributed by atoms with E-state index >= 15 is 0 Å². The number of hydrogen-bond donors (Lipinski definition) is 0. The van der Waals surface area contributed by atoms with Gasteiger partial charge in [-0.15, -0.1) is 11.3 Å². The Balaban J connectivity index is 1.33. The van der Waals surface area contributed by atoms with E-state index in [0.717, 1.165) is 35.7 Å². The Kier molecular flexibility index (Phi) is 5.00. The molecule has 0 aromatic carbocycles. The number of likely N-dealkylation sites (tertiary alicyclic amines) is 1. The second-order valence-corrected chi connectivity index (χ2v) is 8.46. The van der Waals surface area contributed by atoms with Crippen LogP contribution in [-0.4, -0.2) is 45.0 Å². The Morgan fingerprint density at radius 3 is 2.88 bits per heavy atom. The number of carbonyl (C=O) groups is 1. The van der Waals surface area contributed by atoms with Gasteiger partial charge in [0.25, 0.3) is 0 Å². The zero-order chi connectivity index (χ0) is 18.1. The molecular weight excluding hydrogens is 348 g/mol. The molecule has 138 valence electrons. The predicted octanol–water partition coefficient (Wildman–Crippen LogP) is 2.86. The van der Waals surface area contributed by atoms with Crippen molar-refractivity contribution in [3.63, 3.8) is 0 Å². The van der Waals surface area contributed by atoms with E-state index < -0.39 is 0 Å². The Bertz CT molecular complexity index is 760. The van der Waals surface area contributed by atoms with Crippen molar-refractivity contribution in [3.05, 3.63) is 39.9 Å². The monoisotopic (exact) mass is 372 g/mol. The molecule has 3 atom stereocenters. The smallest absolute Gasteiger partial charge is 0.222 e. The normalized spacial score (nSPS) is 25.3. The Hall–Kier alpha value is -1.86. The summed E-state index contributed by atoms with van der Waals surface area (Å²) in [5, 5.41) is 1.09. The van der Waals surface area contributed by atoms with Crippen LogP contribution in [0.4, 0.5) is 0 Å². The lowest BCUT2D eigenvalue weighted by Gasteiger charge is -2.34. The van der Waals surface area contributed by atoms with Crippen LogP contribution in [0.15, 0.2) is 18.7 Å². The summed E-state index contributed by atoms with van der Waals surface area (Å²) in [6.45, 7) is 5.69. The quantitative estimate of drug-likeness (QED) is 0.825. The van der Waals surface area contributed by atoms with E-state index in [1.165, 1.54) is 11.2 Å². The summed E-state index contributed by atoms with van der Waals surface area (Å²) in [6.07, 6.45) is 8.52. The first-order chi connectivity index (χ1) is 12.6. The second kappa shape index (κ2) is 7.40. The van der Waals surface area contributed by atoms with Crippen molar-refractivity contribution >= 4 is 17.2 Å². The number of fused-ring (bicyclic) bond motifs is 1. The number of carbonyl (C=O) groups excluding carboxylic acids is 1. The van der Waals surface area contributed by atoms with Crippen LogP contribution in [0.3, 0.4) is 0 Å². The van der Waals surface area contributed by atoms with Gasteiger partial charge in [-0.3, -0.25) is 4.79 Å². The molecule has 2 saturated heterocycles. The maximum absolute atomic E-state index is 12.6. The van der Waals surface area contributed by atoms with Crippen LogP contribution >= 0.6 is 11.3 Å². The largest absolute Gasteiger partial charge is 0.366 e. The van der Waals surface area contributed by atoms with Crippen molar-refractivity contribution in [3.8, 4) is 0 Å². The highest BCUT2D eigenvalue weighted by Crippen LogP contribution is 2.42. The van der Waals surface area contributed by atoms with Gasteiger partial charge in [-0.05, 0) is 44.6 Å². The molecule has 0 bridgehead atoms. The molecule has 0 saturated carbocycles. The minimum absolute atomic E-state index is 0.0962. The summed E-state index contributed by atoms with van der Waals surface area (Å²) in [4.78, 5) is 28.5. The van der Waals surface area contributed by atoms with Crippen molar-refractivity contribution < 1.29 is 9.53 Å². The molecule has 0 unspecified atom stereocenters. The number of piperidine rings is 1. The van der Waals surface area contributed by atoms with Gasteiger partial charge < -0.3 is 9.64 Å². The first kappa shape index (κ1) is 17.5. The van der Waals surface area contributed by atoms with Gasteiger partial charge in [-0.2, -0.15) is 0 Å². The third kappa shape index (κ3) is 3.64. The predicted molar refractivity (Wildman–Crippen MR) is 98.9 cm³/mol. The first-order valence-electron chi connectivity index (χ1n) is 9.21. The molecule has 2 fully saturated rings. The fraction of sp³-hybridized carbons (Fsp3) is 0.579. The molecule has 26 heavy (non-hydrogen) atoms. The van der Waals surface area contributed by atoms with Crippen molar-refractivity contribution in [2.75, 3.05) is 13.1 Å². The van der Waals surface area contributed by atoms with Crippen molar-refractivity contribution in [1.82, 2.24) is 19.9 Å². The molecule has 0 radical (unpaired) electrons. The van der Waals surface area contributed by atoms with Gasteiger partial charge in [-0.25, -0.2) is 15.0 Å². The van der Waals surface area contributed by atoms with Gasteiger partial charge in [0.05, 0.1) is 11.8 Å². The highest BCUT2D eigenvalue weighted by molar-refractivity contribution is 7.11. The maximum Gasteiger partial charge on any atom is 0.222 e. The Labute approximate surface area is 157 Å². The van der Waals surface area contributed by atoms with Gasteiger partial charge >= 0.3 is 0 Å². The standard InChI is InChI=1S/C19H24N4O2S/c1-12-13(2)26-19(22-12)16-7-15-5-6-23(10-17(15)25-16)18(24)4-3-14-8-20-11-21-9-14/h8-9,11,15-17H,3-7,10H2,1-2H3/t15-,16-,17+/m0/s1. The van der Waals surface area contributed by atoms with Crippen molar-refractivity contribution in [2.45, 2.75) is 51.7 Å². The second-order valence-electron chi connectivity index (χ2n) is 7.23. The molecule has 0 spiro atoms. The van der Waals surface area contributed by atoms with Crippen molar-refractivity contribution in [2.24, 2.45) is 5.92 Å². The third-order valence-corrected chi connectivity index (χ3v) is 6.63. The molecule has 6 nitrogen and oxygen atoms in total. The SMILES string of the molecule is Cc1nc([C@@H]2C[C@@H]3CCN(C(=O)CCc4cncnc4)C[C@H]3O2)sc1C. The van der Waals surface area contributed by atoms with E-state index in [-0.39, 0.29) is 18.1 Å². The number of aromatic nitrogens is 3. The van der Waals surface area contributed by atoms with Crippen LogP contribution in [-0.2, 0) is 16.0 Å². The van der Waals surface area contributed by atoms with E-state index in [1.54, 1.807) is 23.7 Å². The molecule has 2 aromatic heterocycles. The van der Waals surface area contributed by atoms with Gasteiger partial charge in [-0.1, -0.05) is 0 Å². The average Bonchev–Trinajstić information content (AvgIpc) is 3.23. The molecular formula is C19H24N4O2S. The fourth-order valence-corrected chi connectivity index (χ4v) is 4.79. The van der Waals surface area contributed by atoms with E-state index in [2.05, 4.69) is 28.8 Å². The summed E-state index contributed by atoms with van der Waals surface area (Å²) in [5.41, 5.74) is 2.10. The number of amides is 1. The average molecular weight is 372 g/mol. The number of nitrogens with zero attached hydrogens (tertiary/aromatic N) is 4. The van der Waals surface area contributed by atoms with Crippen molar-refractivity contribution in [1.29, 1.82) is 0 Å². The van der Waals surface area contributed by atoms with Crippen LogP contribution in [0.5, 0.6) is 0 Å². The molecule has 2 aliphatic rings. The first-order valence-corrected chi connectivity index (χ1v) is 10.0. The highest BCUT2D eigenvalue weighted by Gasteiger charge is 2.41. The van der Waals surface area contributed by atoms with Crippen LogP contribution in [0.25, 0.3) is 0 Å². The number of thiazole rings is 1. The molecule has 4 rings (SSSR count). The van der Waals surface area contributed by atoms with E-state index in [9.17, 15) is 4.79 Å². The maximum atomic E-state index is 12.6. The van der Waals surface area contributed by atoms with Gasteiger partial charge in [0, 0.05) is 36.8 Å². The minimum atomic E-state index is 0.0962. The van der Waals surface area contributed by atoms with Crippen LogP contribution < -0.4 is 0 Å². The Morgan fingerprint density at radius 1 is 1.35 bits per heavy atom. The molecule has 0 aliphatic carbocycles. The lowest BCUT2D eigenvalue weighted by Crippen LogP contribution is -2.45. The number of rotatable bonds is 4. The summed E-state index contributed by atoms with van der Waals surface area (Å²) in [5.74, 6) is 0.733. The van der Waals surface area contributed by atoms with Crippen LogP contribution in [0.1, 0.15) is 46.5 Å². The summed E-state index contributed by atoms with van der Waals surface area (Å²) >= 11 is 1.74. The topological polar surface area (TPSA) is 68.2 Å².